The molecule has 0 spiro atoms. The molecular formula is C24H26N4O3S. The molecular weight excluding hydrogens is 424 g/mol. The lowest BCUT2D eigenvalue weighted by Gasteiger charge is -2.19. The molecule has 2 amide bonds. The normalized spacial score (nSPS) is 16.3. The van der Waals surface area contributed by atoms with Crippen LogP contribution in [-0.4, -0.2) is 28.6 Å². The third kappa shape index (κ3) is 4.96. The van der Waals surface area contributed by atoms with Crippen LogP contribution in [0.25, 0.3) is 0 Å². The quantitative estimate of drug-likeness (QED) is 0.596. The Hall–Kier alpha value is -3.26. The van der Waals surface area contributed by atoms with Crippen LogP contribution in [0.3, 0.4) is 0 Å². The van der Waals surface area contributed by atoms with E-state index in [1.54, 1.807) is 4.90 Å². The molecule has 1 aliphatic rings. The smallest absolute Gasteiger partial charge is 0.231 e. The van der Waals surface area contributed by atoms with E-state index in [-0.39, 0.29) is 23.7 Å². The highest BCUT2D eigenvalue weighted by Crippen LogP contribution is 2.30. The van der Waals surface area contributed by atoms with Crippen LogP contribution in [0.4, 0.5) is 10.8 Å². The molecule has 1 saturated heterocycles. The standard InChI is InChI=1S/C24H26N4O3S/c1-15-26-27-23(32-15)25-22(30)16-13-21(29)28(14-16)18-7-11-20(12-8-18)31-19-9-5-17(6-10-19)24(2,3)4/h5-12,16H,13-14H2,1-4H3,(H,25,27,30)/t16-/m0/s1. The Balaban J connectivity index is 1.38. The molecule has 2 heterocycles. The lowest BCUT2D eigenvalue weighted by molar-refractivity contribution is -0.122. The first-order valence-electron chi connectivity index (χ1n) is 10.5. The van der Waals surface area contributed by atoms with E-state index >= 15 is 0 Å². The van der Waals surface area contributed by atoms with Gasteiger partial charge < -0.3 is 15.0 Å². The minimum atomic E-state index is -0.427. The number of carbonyl (C=O) groups is 2. The van der Waals surface area contributed by atoms with Gasteiger partial charge in [-0.25, -0.2) is 0 Å². The molecule has 32 heavy (non-hydrogen) atoms. The van der Waals surface area contributed by atoms with E-state index in [9.17, 15) is 9.59 Å². The highest BCUT2D eigenvalue weighted by molar-refractivity contribution is 7.15. The summed E-state index contributed by atoms with van der Waals surface area (Å²) in [5.74, 6) is 0.723. The van der Waals surface area contributed by atoms with Crippen molar-refractivity contribution in [2.45, 2.75) is 39.5 Å². The number of hydrogen-bond donors (Lipinski definition) is 1. The van der Waals surface area contributed by atoms with Crippen molar-refractivity contribution >= 4 is 34.0 Å². The maximum Gasteiger partial charge on any atom is 0.231 e. The minimum Gasteiger partial charge on any atom is -0.457 e. The molecule has 8 heteroatoms. The Labute approximate surface area is 191 Å². The van der Waals surface area contributed by atoms with Gasteiger partial charge in [0, 0.05) is 18.7 Å². The zero-order valence-corrected chi connectivity index (χ0v) is 19.4. The van der Waals surface area contributed by atoms with Crippen molar-refractivity contribution in [2.75, 3.05) is 16.8 Å². The van der Waals surface area contributed by atoms with Crippen LogP contribution in [0.1, 0.15) is 37.8 Å². The summed E-state index contributed by atoms with van der Waals surface area (Å²) in [6.07, 6.45) is 0.169. The van der Waals surface area contributed by atoms with Crippen LogP contribution in [0.15, 0.2) is 48.5 Å². The summed E-state index contributed by atoms with van der Waals surface area (Å²) < 4.78 is 5.94. The average Bonchev–Trinajstić information content (AvgIpc) is 3.33. The Morgan fingerprint density at radius 2 is 1.69 bits per heavy atom. The molecule has 1 aliphatic heterocycles. The Morgan fingerprint density at radius 1 is 1.06 bits per heavy atom. The van der Waals surface area contributed by atoms with Crippen LogP contribution < -0.4 is 15.0 Å². The van der Waals surface area contributed by atoms with Gasteiger partial charge in [0.2, 0.25) is 16.9 Å². The molecule has 0 bridgehead atoms. The zero-order valence-electron chi connectivity index (χ0n) is 18.6. The van der Waals surface area contributed by atoms with Crippen molar-refractivity contribution in [2.24, 2.45) is 5.92 Å². The Kier molecular flexibility index (Phi) is 5.97. The number of carbonyl (C=O) groups excluding carboxylic acids is 2. The minimum absolute atomic E-state index is 0.0787. The average molecular weight is 451 g/mol. The Bertz CT molecular complexity index is 1120. The first-order chi connectivity index (χ1) is 15.2. The molecule has 0 radical (unpaired) electrons. The molecule has 1 N–H and O–H groups in total. The number of aryl methyl sites for hydroxylation is 1. The maximum absolute atomic E-state index is 12.5. The molecule has 7 nitrogen and oxygen atoms in total. The summed E-state index contributed by atoms with van der Waals surface area (Å²) in [7, 11) is 0. The van der Waals surface area contributed by atoms with Crippen molar-refractivity contribution < 1.29 is 14.3 Å². The SMILES string of the molecule is Cc1nnc(NC(=O)[C@H]2CC(=O)N(c3ccc(Oc4ccc(C(C)(C)C)cc4)cc3)C2)s1. The van der Waals surface area contributed by atoms with Crippen molar-refractivity contribution in [3.63, 3.8) is 0 Å². The second kappa shape index (κ2) is 8.70. The summed E-state index contributed by atoms with van der Waals surface area (Å²) in [5, 5.41) is 11.8. The molecule has 1 aromatic heterocycles. The van der Waals surface area contributed by atoms with Crippen LogP contribution in [0, 0.1) is 12.8 Å². The third-order valence-electron chi connectivity index (χ3n) is 5.36. The number of nitrogens with one attached hydrogen (secondary N) is 1. The van der Waals surface area contributed by atoms with Crippen molar-refractivity contribution in [3.05, 3.63) is 59.1 Å². The van der Waals surface area contributed by atoms with Crippen LogP contribution in [-0.2, 0) is 15.0 Å². The number of aromatic nitrogens is 2. The molecule has 166 valence electrons. The fourth-order valence-electron chi connectivity index (χ4n) is 3.54. The van der Waals surface area contributed by atoms with E-state index in [1.807, 2.05) is 43.3 Å². The second-order valence-corrected chi connectivity index (χ2v) is 10.1. The number of nitrogens with zero attached hydrogens (tertiary/aromatic N) is 3. The number of anilines is 2. The highest BCUT2D eigenvalue weighted by Gasteiger charge is 2.35. The van der Waals surface area contributed by atoms with Gasteiger partial charge in [0.05, 0.1) is 5.92 Å². The van der Waals surface area contributed by atoms with Crippen molar-refractivity contribution in [1.82, 2.24) is 10.2 Å². The number of amides is 2. The Morgan fingerprint density at radius 3 is 2.25 bits per heavy atom. The fraction of sp³-hybridized carbons (Fsp3) is 0.333. The lowest BCUT2D eigenvalue weighted by atomic mass is 9.87. The van der Waals surface area contributed by atoms with Gasteiger partial charge in [-0.05, 0) is 54.3 Å². The second-order valence-electron chi connectivity index (χ2n) is 8.89. The molecule has 1 fully saturated rings. The number of ether oxygens (including phenoxy) is 1. The predicted octanol–water partition coefficient (Wildman–Crippen LogP) is 4.93. The van der Waals surface area contributed by atoms with E-state index in [0.29, 0.717) is 17.4 Å². The van der Waals surface area contributed by atoms with Crippen LogP contribution in [0.5, 0.6) is 11.5 Å². The van der Waals surface area contributed by atoms with E-state index in [4.69, 9.17) is 4.74 Å². The maximum atomic E-state index is 12.5. The molecule has 0 saturated carbocycles. The zero-order chi connectivity index (χ0) is 22.9. The summed E-state index contributed by atoms with van der Waals surface area (Å²) in [6.45, 7) is 8.67. The highest BCUT2D eigenvalue weighted by atomic mass is 32.1. The molecule has 1 atom stereocenters. The summed E-state index contributed by atoms with van der Waals surface area (Å²) in [6, 6.07) is 15.4. The van der Waals surface area contributed by atoms with Crippen molar-refractivity contribution in [3.8, 4) is 11.5 Å². The van der Waals surface area contributed by atoms with E-state index in [2.05, 4.69) is 48.4 Å². The van der Waals surface area contributed by atoms with E-state index < -0.39 is 5.92 Å². The molecule has 4 rings (SSSR count). The van der Waals surface area contributed by atoms with Crippen molar-refractivity contribution in [1.29, 1.82) is 0 Å². The topological polar surface area (TPSA) is 84.4 Å². The largest absolute Gasteiger partial charge is 0.457 e. The molecule has 0 unspecified atom stereocenters. The van der Waals surface area contributed by atoms with Gasteiger partial charge in [-0.1, -0.05) is 44.2 Å². The fourth-order valence-corrected chi connectivity index (χ4v) is 4.14. The number of hydrogen-bond acceptors (Lipinski definition) is 6. The van der Waals surface area contributed by atoms with Gasteiger partial charge in [-0.3, -0.25) is 9.59 Å². The third-order valence-corrected chi connectivity index (χ3v) is 6.11. The first-order valence-corrected chi connectivity index (χ1v) is 11.3. The summed E-state index contributed by atoms with van der Waals surface area (Å²) in [5.41, 5.74) is 2.08. The van der Waals surface area contributed by atoms with Gasteiger partial charge in [0.15, 0.2) is 0 Å². The van der Waals surface area contributed by atoms with Gasteiger partial charge in [0.25, 0.3) is 0 Å². The van der Waals surface area contributed by atoms with Crippen LogP contribution >= 0.6 is 11.3 Å². The van der Waals surface area contributed by atoms with Gasteiger partial charge in [0.1, 0.15) is 16.5 Å². The van der Waals surface area contributed by atoms with Gasteiger partial charge in [-0.2, -0.15) is 0 Å². The molecule has 0 aliphatic carbocycles. The summed E-state index contributed by atoms with van der Waals surface area (Å²) in [4.78, 5) is 26.7. The monoisotopic (exact) mass is 450 g/mol. The van der Waals surface area contributed by atoms with Gasteiger partial charge >= 0.3 is 0 Å². The number of rotatable bonds is 5. The van der Waals surface area contributed by atoms with E-state index in [1.165, 1.54) is 16.9 Å². The molecule has 2 aromatic carbocycles. The summed E-state index contributed by atoms with van der Waals surface area (Å²) >= 11 is 1.31. The van der Waals surface area contributed by atoms with Gasteiger partial charge in [-0.15, -0.1) is 10.2 Å². The predicted molar refractivity (Wildman–Crippen MR) is 125 cm³/mol. The number of benzene rings is 2. The van der Waals surface area contributed by atoms with E-state index in [0.717, 1.165) is 16.4 Å². The first kappa shape index (κ1) is 22.0. The molecule has 3 aromatic rings. The lowest BCUT2D eigenvalue weighted by Crippen LogP contribution is -2.28. The van der Waals surface area contributed by atoms with Crippen LogP contribution in [0.2, 0.25) is 0 Å².